The van der Waals surface area contributed by atoms with Crippen molar-refractivity contribution in [2.24, 2.45) is 0 Å². The zero-order valence-electron chi connectivity index (χ0n) is 14.1. The molecule has 1 heterocycles. The third-order valence-corrected chi connectivity index (χ3v) is 3.74. The van der Waals surface area contributed by atoms with Crippen molar-refractivity contribution in [3.8, 4) is 11.7 Å². The molecule has 2 rings (SSSR count). The van der Waals surface area contributed by atoms with Crippen molar-refractivity contribution >= 4 is 17.5 Å². The molecule has 0 aliphatic carbocycles. The van der Waals surface area contributed by atoms with Gasteiger partial charge in [0.15, 0.2) is 5.69 Å². The van der Waals surface area contributed by atoms with Crippen molar-refractivity contribution in [2.75, 3.05) is 21.3 Å². The second-order valence-corrected chi connectivity index (χ2v) is 5.48. The van der Waals surface area contributed by atoms with Crippen molar-refractivity contribution in [3.63, 3.8) is 0 Å². The maximum Gasteiger partial charge on any atom is 0.433 e. The number of hydrogen-bond donors (Lipinski definition) is 0. The number of alkyl halides is 3. The third-order valence-electron chi connectivity index (χ3n) is 3.43. The average Bonchev–Trinajstić information content (AvgIpc) is 2.59. The second-order valence-electron chi connectivity index (χ2n) is 5.07. The molecule has 0 bridgehead atoms. The number of hydroxylamine groups is 2. The van der Waals surface area contributed by atoms with Gasteiger partial charge in [0.1, 0.15) is 5.82 Å². The lowest BCUT2D eigenvalue weighted by Gasteiger charge is -2.17. The topological polar surface area (TPSA) is 73.7 Å². The largest absolute Gasteiger partial charge is 0.468 e. The molecule has 0 N–H and O–H groups in total. The molecule has 12 heteroatoms. The first-order chi connectivity index (χ1) is 12.5. The highest BCUT2D eigenvalue weighted by molar-refractivity contribution is 6.33. The fraction of sp³-hybridized carbons (Fsp3) is 0.267. The molecular formula is C15H12ClF4N3O4. The number of nitrogens with zero attached hydrogens (tertiary/aromatic N) is 3. The quantitative estimate of drug-likeness (QED) is 0.573. The smallest absolute Gasteiger partial charge is 0.433 e. The normalized spacial score (nSPS) is 11.4. The standard InChI is InChI=1S/C15H12ClF4N3O4/c1-22(27-3)13(25)7-4-10(9(17)5-8(7)16)23-12(24)6-11(15(18,19)20)21-14(23)26-2/h4-6H,1-3H3. The van der Waals surface area contributed by atoms with E-state index < -0.39 is 40.9 Å². The van der Waals surface area contributed by atoms with E-state index in [1.165, 1.54) is 14.2 Å². The van der Waals surface area contributed by atoms with Crippen LogP contribution in [0.4, 0.5) is 17.6 Å². The summed E-state index contributed by atoms with van der Waals surface area (Å²) in [4.78, 5) is 32.3. The van der Waals surface area contributed by atoms with E-state index in [1.54, 1.807) is 0 Å². The van der Waals surface area contributed by atoms with Gasteiger partial charge in [0.05, 0.1) is 30.5 Å². The fourth-order valence-electron chi connectivity index (χ4n) is 2.09. The number of hydrogen-bond acceptors (Lipinski definition) is 5. The van der Waals surface area contributed by atoms with Gasteiger partial charge in [0, 0.05) is 13.1 Å². The molecule has 2 aromatic rings. The van der Waals surface area contributed by atoms with Crippen LogP contribution in [0.3, 0.4) is 0 Å². The third kappa shape index (κ3) is 4.03. The Bertz CT molecular complexity index is 946. The summed E-state index contributed by atoms with van der Waals surface area (Å²) in [7, 11) is 3.41. The van der Waals surface area contributed by atoms with Crippen molar-refractivity contribution in [1.82, 2.24) is 14.6 Å². The van der Waals surface area contributed by atoms with Crippen molar-refractivity contribution in [2.45, 2.75) is 6.18 Å². The maximum absolute atomic E-state index is 14.4. The first-order valence-electron chi connectivity index (χ1n) is 7.08. The molecule has 0 aliphatic rings. The number of halogens is 5. The predicted octanol–water partition coefficient (Wildman–Crippen LogP) is 2.69. The summed E-state index contributed by atoms with van der Waals surface area (Å²) < 4.78 is 58.0. The molecule has 146 valence electrons. The molecule has 0 atom stereocenters. The molecule has 0 spiro atoms. The van der Waals surface area contributed by atoms with Crippen molar-refractivity contribution in [1.29, 1.82) is 0 Å². The molecule has 0 fully saturated rings. The summed E-state index contributed by atoms with van der Waals surface area (Å²) in [6.45, 7) is 0. The van der Waals surface area contributed by atoms with Crippen LogP contribution in [0.15, 0.2) is 23.0 Å². The van der Waals surface area contributed by atoms with Crippen LogP contribution in [0.5, 0.6) is 6.01 Å². The molecule has 0 aliphatic heterocycles. The molecule has 1 aromatic carbocycles. The molecule has 7 nitrogen and oxygen atoms in total. The highest BCUT2D eigenvalue weighted by Crippen LogP contribution is 2.30. The SMILES string of the molecule is COc1nc(C(F)(F)F)cc(=O)n1-c1cc(C(=O)N(C)OC)c(Cl)cc1F. The summed E-state index contributed by atoms with van der Waals surface area (Å²) in [5.41, 5.74) is -3.61. The summed E-state index contributed by atoms with van der Waals surface area (Å²) in [5, 5.41) is 0.491. The summed E-state index contributed by atoms with van der Waals surface area (Å²) in [5.74, 6) is -1.87. The average molecular weight is 410 g/mol. The van der Waals surface area contributed by atoms with E-state index >= 15 is 0 Å². The zero-order valence-corrected chi connectivity index (χ0v) is 14.9. The minimum atomic E-state index is -4.91. The lowest BCUT2D eigenvalue weighted by molar-refractivity contribution is -0.141. The van der Waals surface area contributed by atoms with Gasteiger partial charge < -0.3 is 4.74 Å². The Kier molecular flexibility index (Phi) is 5.76. The summed E-state index contributed by atoms with van der Waals surface area (Å²) in [6.07, 6.45) is -4.91. The molecule has 0 unspecified atom stereocenters. The van der Waals surface area contributed by atoms with Crippen molar-refractivity contribution in [3.05, 3.63) is 50.7 Å². The predicted molar refractivity (Wildman–Crippen MR) is 85.5 cm³/mol. The van der Waals surface area contributed by atoms with Crippen LogP contribution in [0.1, 0.15) is 16.1 Å². The van der Waals surface area contributed by atoms with Crippen LogP contribution in [-0.2, 0) is 11.0 Å². The lowest BCUT2D eigenvalue weighted by atomic mass is 10.1. The van der Waals surface area contributed by atoms with Crippen LogP contribution in [0.2, 0.25) is 5.02 Å². The monoisotopic (exact) mass is 409 g/mol. The van der Waals surface area contributed by atoms with E-state index in [1.807, 2.05) is 0 Å². The number of ether oxygens (including phenoxy) is 1. The van der Waals surface area contributed by atoms with Gasteiger partial charge in [0.25, 0.3) is 11.5 Å². The van der Waals surface area contributed by atoms with Gasteiger partial charge in [-0.15, -0.1) is 0 Å². The number of amides is 1. The molecular weight excluding hydrogens is 398 g/mol. The molecule has 0 radical (unpaired) electrons. The Labute approximate surface area is 154 Å². The van der Waals surface area contributed by atoms with Gasteiger partial charge in [-0.05, 0) is 12.1 Å². The van der Waals surface area contributed by atoms with Gasteiger partial charge >= 0.3 is 12.2 Å². The number of aromatic nitrogens is 2. The zero-order chi connectivity index (χ0) is 20.5. The first-order valence-corrected chi connectivity index (χ1v) is 7.46. The van der Waals surface area contributed by atoms with Crippen LogP contribution >= 0.6 is 11.6 Å². The summed E-state index contributed by atoms with van der Waals surface area (Å²) in [6, 6.07) is 0.972. The first kappa shape index (κ1) is 20.6. The van der Waals surface area contributed by atoms with Crippen LogP contribution in [0.25, 0.3) is 5.69 Å². The van der Waals surface area contributed by atoms with Gasteiger partial charge in [-0.25, -0.2) is 14.0 Å². The van der Waals surface area contributed by atoms with Gasteiger partial charge in [-0.3, -0.25) is 14.4 Å². The molecule has 0 saturated carbocycles. The minimum Gasteiger partial charge on any atom is -0.468 e. The Morgan fingerprint density at radius 2 is 1.89 bits per heavy atom. The number of carbonyl (C=O) groups excluding carboxylic acids is 1. The lowest BCUT2D eigenvalue weighted by Crippen LogP contribution is -2.27. The molecule has 0 saturated heterocycles. The Balaban J connectivity index is 2.75. The van der Waals surface area contributed by atoms with Gasteiger partial charge in [-0.1, -0.05) is 11.6 Å². The van der Waals surface area contributed by atoms with Crippen molar-refractivity contribution < 1.29 is 31.9 Å². The van der Waals surface area contributed by atoms with E-state index in [-0.39, 0.29) is 16.7 Å². The van der Waals surface area contributed by atoms with Crippen LogP contribution < -0.4 is 10.3 Å². The number of methoxy groups -OCH3 is 1. The van der Waals surface area contributed by atoms with Crippen LogP contribution in [0, 0.1) is 5.82 Å². The minimum absolute atomic E-state index is 0.180. The molecule has 27 heavy (non-hydrogen) atoms. The summed E-state index contributed by atoms with van der Waals surface area (Å²) >= 11 is 5.86. The van der Waals surface area contributed by atoms with Crippen LogP contribution in [-0.4, -0.2) is 41.8 Å². The Morgan fingerprint density at radius 1 is 1.26 bits per heavy atom. The highest BCUT2D eigenvalue weighted by Gasteiger charge is 2.35. The molecule has 1 aromatic heterocycles. The van der Waals surface area contributed by atoms with Gasteiger partial charge in [-0.2, -0.15) is 18.2 Å². The molecule has 1 amide bonds. The Hall–Kier alpha value is -2.66. The van der Waals surface area contributed by atoms with E-state index in [0.29, 0.717) is 4.57 Å². The van der Waals surface area contributed by atoms with E-state index in [0.717, 1.165) is 24.3 Å². The Morgan fingerprint density at radius 3 is 2.41 bits per heavy atom. The maximum atomic E-state index is 14.4. The fourth-order valence-corrected chi connectivity index (χ4v) is 2.32. The van der Waals surface area contributed by atoms with E-state index in [9.17, 15) is 27.2 Å². The number of benzene rings is 1. The second kappa shape index (κ2) is 7.53. The number of rotatable bonds is 4. The number of carbonyl (C=O) groups is 1. The van der Waals surface area contributed by atoms with Gasteiger partial charge in [0.2, 0.25) is 0 Å². The van der Waals surface area contributed by atoms with E-state index in [4.69, 9.17) is 21.2 Å². The highest BCUT2D eigenvalue weighted by atomic mass is 35.5. The van der Waals surface area contributed by atoms with E-state index in [2.05, 4.69) is 4.98 Å².